The number of hydrogen-bond acceptors (Lipinski definition) is 1. The Balaban J connectivity index is -0.000000000833. The third-order valence-corrected chi connectivity index (χ3v) is 0. The van der Waals surface area contributed by atoms with Gasteiger partial charge >= 0.3 is 48.2 Å². The first-order valence-corrected chi connectivity index (χ1v) is 3.67. The van der Waals surface area contributed by atoms with Crippen LogP contribution in [0.25, 0.3) is 0 Å². The van der Waals surface area contributed by atoms with Gasteiger partial charge in [-0.2, -0.15) is 0 Å². The molecule has 0 bridgehead atoms. The van der Waals surface area contributed by atoms with Crippen molar-refractivity contribution >= 4 is 48.2 Å². The molecule has 0 aromatic heterocycles. The maximum absolute atomic E-state index is 4.13. The first kappa shape index (κ1) is 51.1. The van der Waals surface area contributed by atoms with Gasteiger partial charge in [-0.05, 0) is 0 Å². The Morgan fingerprint density at radius 2 is 0.833 bits per heavy atom. The fraction of sp³-hybridized carbons (Fsp3) is 0. The average Bonchev–Trinajstić information content (AvgIpc) is 1.00. The quantitative estimate of drug-likeness (QED) is 0.427. The molecular formula is H9AsO3SSb. The minimum atomic E-state index is 0. The summed E-state index contributed by atoms with van der Waals surface area (Å²) in [7, 11) is 4.13. The van der Waals surface area contributed by atoms with E-state index in [4.69, 9.17) is 0 Å². The van der Waals surface area contributed by atoms with Gasteiger partial charge in [0.15, 0.2) is 0 Å². The van der Waals surface area contributed by atoms with Crippen molar-refractivity contribution in [3.63, 3.8) is 0 Å². The van der Waals surface area contributed by atoms with E-state index in [9.17, 15) is 0 Å². The molecule has 6 N–H and O–H groups in total. The molecule has 6 heteroatoms. The van der Waals surface area contributed by atoms with Gasteiger partial charge in [0.05, 0.1) is 0 Å². The van der Waals surface area contributed by atoms with E-state index in [1.165, 1.54) is 21.1 Å². The Kier molecular flexibility index (Phi) is 759. The van der Waals surface area contributed by atoms with Crippen LogP contribution in [0.4, 0.5) is 0 Å². The first-order valence-electron chi connectivity index (χ1n) is 0.183. The van der Waals surface area contributed by atoms with E-state index in [1.807, 2.05) is 0 Å². The molecule has 0 aromatic carbocycles. The van der Waals surface area contributed by atoms with Crippen LogP contribution in [0.3, 0.4) is 0 Å². The zero-order valence-corrected chi connectivity index (χ0v) is 9.40. The monoisotopic (exact) mass is 285 g/mol. The van der Waals surface area contributed by atoms with Crippen molar-refractivity contribution in [2.24, 2.45) is 0 Å². The summed E-state index contributed by atoms with van der Waals surface area (Å²) >= 11 is 1.33. The van der Waals surface area contributed by atoms with Gasteiger partial charge < -0.3 is 16.4 Å². The molecule has 0 aromatic rings. The van der Waals surface area contributed by atoms with E-state index in [2.05, 4.69) is 9.19 Å². The van der Waals surface area contributed by atoms with E-state index in [0.29, 0.717) is 0 Å². The molecule has 6 heavy (non-hydrogen) atoms. The third kappa shape index (κ3) is 50.3. The summed E-state index contributed by atoms with van der Waals surface area (Å²) in [5, 5.41) is 0. The molecule has 0 rings (SSSR count). The molecule has 0 aliphatic carbocycles. The summed E-state index contributed by atoms with van der Waals surface area (Å²) in [6.45, 7) is 0. The second kappa shape index (κ2) is 89.1. The Hall–Kier alpha value is 1.48. The Bertz CT molecular complexity index is 10.8. The van der Waals surface area contributed by atoms with Gasteiger partial charge in [0.1, 0.15) is 0 Å². The van der Waals surface area contributed by atoms with Gasteiger partial charge in [-0.3, -0.25) is 0 Å². The summed E-state index contributed by atoms with van der Waals surface area (Å²) in [5.41, 5.74) is 0. The molecule has 1 radical (unpaired) electrons. The molecule has 0 amide bonds. The summed E-state index contributed by atoms with van der Waals surface area (Å²) in [4.78, 5) is 0. The van der Waals surface area contributed by atoms with Crippen molar-refractivity contribution in [2.75, 3.05) is 0 Å². The fourth-order valence-corrected chi connectivity index (χ4v) is 0. The van der Waals surface area contributed by atoms with E-state index < -0.39 is 0 Å². The van der Waals surface area contributed by atoms with Gasteiger partial charge in [-0.15, -0.1) is 0 Å². The Morgan fingerprint density at radius 1 is 0.833 bits per heavy atom. The topological polar surface area (TPSA) is 94.5 Å². The van der Waals surface area contributed by atoms with Crippen LogP contribution in [-0.2, 0) is 0 Å². The van der Waals surface area contributed by atoms with Crippen molar-refractivity contribution in [1.29, 1.82) is 0 Å². The predicted octanol–water partition coefficient (Wildman–Crippen LogP) is -3.39. The molecule has 0 aliphatic heterocycles. The minimum absolute atomic E-state index is 0. The van der Waals surface area contributed by atoms with Crippen molar-refractivity contribution < 1.29 is 16.4 Å². The van der Waals surface area contributed by atoms with Gasteiger partial charge in [-0.1, -0.05) is 0 Å². The normalized spacial score (nSPS) is 0.667. The molecule has 0 spiro atoms. The first-order chi connectivity index (χ1) is 1.00. The van der Waals surface area contributed by atoms with Crippen LogP contribution in [-0.4, -0.2) is 55.4 Å². The Morgan fingerprint density at radius 3 is 0.833 bits per heavy atom. The molecule has 3 nitrogen and oxygen atoms in total. The van der Waals surface area contributed by atoms with Crippen LogP contribution in [0.2, 0.25) is 0 Å². The van der Waals surface area contributed by atoms with Gasteiger partial charge in [0, 0.05) is 0 Å². The summed E-state index contributed by atoms with van der Waals surface area (Å²) in [5.74, 6) is 0. The third-order valence-electron chi connectivity index (χ3n) is 0. The molecule has 1 unspecified atom stereocenters. The summed E-state index contributed by atoms with van der Waals surface area (Å²) in [6.07, 6.45) is 0. The van der Waals surface area contributed by atoms with Crippen LogP contribution in [0.15, 0.2) is 0 Å². The van der Waals surface area contributed by atoms with E-state index in [0.717, 1.165) is 0 Å². The van der Waals surface area contributed by atoms with Crippen LogP contribution in [0, 0.1) is 0 Å². The molecule has 0 saturated carbocycles. The standard InChI is InChI=1S/AsH3.3H2O.S.Sb/h1H3;3*1H2;;. The van der Waals surface area contributed by atoms with E-state index >= 15 is 0 Å². The molecule has 0 saturated heterocycles. The van der Waals surface area contributed by atoms with Crippen molar-refractivity contribution in [1.82, 2.24) is 0 Å². The van der Waals surface area contributed by atoms with Gasteiger partial charge in [-0.25, -0.2) is 0 Å². The molecule has 0 heterocycles. The zero-order valence-electron chi connectivity index (χ0n) is 3.06. The predicted molar refractivity (Wildman–Crippen MR) is 34.1 cm³/mol. The van der Waals surface area contributed by atoms with Crippen LogP contribution in [0.1, 0.15) is 0 Å². The number of rotatable bonds is 0. The molecule has 1 atom stereocenters. The summed E-state index contributed by atoms with van der Waals surface area (Å²) < 4.78 is 0. The van der Waals surface area contributed by atoms with Crippen molar-refractivity contribution in [2.45, 2.75) is 0 Å². The van der Waals surface area contributed by atoms with E-state index in [-0.39, 0.29) is 34.4 Å². The SMILES string of the molecule is O.O.O.[AsH3].[S]=[Sb]. The molecule has 0 aliphatic rings. The zero-order chi connectivity index (χ0) is 2.00. The van der Waals surface area contributed by atoms with Crippen molar-refractivity contribution in [3.05, 3.63) is 0 Å². The molecule has 0 fully saturated rings. The average molecular weight is 286 g/mol. The van der Waals surface area contributed by atoms with Gasteiger partial charge in [0.25, 0.3) is 0 Å². The molecular weight excluding hydrogens is 277 g/mol. The van der Waals surface area contributed by atoms with Gasteiger partial charge in [0.2, 0.25) is 0 Å². The second-order valence-corrected chi connectivity index (χ2v) is 0. The van der Waals surface area contributed by atoms with Crippen LogP contribution >= 0.6 is 9.19 Å². The molecule has 43 valence electrons. The maximum atomic E-state index is 4.13. The second-order valence-electron chi connectivity index (χ2n) is 0. The van der Waals surface area contributed by atoms with Crippen LogP contribution in [0.5, 0.6) is 0 Å². The number of hydrogen-bond donors (Lipinski definition) is 0. The van der Waals surface area contributed by atoms with Crippen LogP contribution < -0.4 is 0 Å². The summed E-state index contributed by atoms with van der Waals surface area (Å²) in [6, 6.07) is 0. The van der Waals surface area contributed by atoms with E-state index in [1.54, 1.807) is 0 Å². The Labute approximate surface area is 64.3 Å². The fourth-order valence-electron chi connectivity index (χ4n) is 0. The van der Waals surface area contributed by atoms with Crippen molar-refractivity contribution in [3.8, 4) is 0 Å².